The molecule has 0 amide bonds. The van der Waals surface area contributed by atoms with Gasteiger partial charge in [0, 0.05) is 22.1 Å². The van der Waals surface area contributed by atoms with E-state index in [4.69, 9.17) is 0 Å². The highest BCUT2D eigenvalue weighted by Crippen LogP contribution is 2.54. The molecule has 0 spiro atoms. The molecule has 9 rings (SSSR count). The third kappa shape index (κ3) is 4.60. The SMILES string of the molecule is CC1(C)c2ccccc2-c2cc(-c3cccc4c3CCCC4)c(N(c3ccc(-c4ccccc4)cc3)c3cccc4ccccc34)cc21. The van der Waals surface area contributed by atoms with Crippen LogP contribution in [0.25, 0.3) is 44.2 Å². The highest BCUT2D eigenvalue weighted by Gasteiger charge is 2.37. The summed E-state index contributed by atoms with van der Waals surface area (Å²) in [5.41, 5.74) is 17.1. The van der Waals surface area contributed by atoms with Gasteiger partial charge in [0.2, 0.25) is 0 Å². The van der Waals surface area contributed by atoms with Gasteiger partial charge in [-0.3, -0.25) is 0 Å². The minimum Gasteiger partial charge on any atom is -0.309 e. The van der Waals surface area contributed by atoms with Crippen LogP contribution in [0.1, 0.15) is 48.9 Å². The lowest BCUT2D eigenvalue weighted by molar-refractivity contribution is 0.660. The van der Waals surface area contributed by atoms with Crippen molar-refractivity contribution in [3.8, 4) is 33.4 Å². The summed E-state index contributed by atoms with van der Waals surface area (Å²) in [5, 5.41) is 2.49. The van der Waals surface area contributed by atoms with Crippen molar-refractivity contribution >= 4 is 27.8 Å². The highest BCUT2D eigenvalue weighted by molar-refractivity contribution is 6.02. The molecule has 1 nitrogen and oxygen atoms in total. The van der Waals surface area contributed by atoms with Crippen LogP contribution in [0, 0.1) is 0 Å². The third-order valence-electron chi connectivity index (χ3n) is 10.9. The van der Waals surface area contributed by atoms with E-state index in [2.05, 4.69) is 170 Å². The molecule has 2 aliphatic rings. The summed E-state index contributed by atoms with van der Waals surface area (Å²) < 4.78 is 0. The normalized spacial score (nSPS) is 14.3. The maximum atomic E-state index is 2.54. The maximum Gasteiger partial charge on any atom is 0.0543 e. The van der Waals surface area contributed by atoms with Crippen molar-refractivity contribution in [1.29, 1.82) is 0 Å². The van der Waals surface area contributed by atoms with Gasteiger partial charge < -0.3 is 4.90 Å². The quantitative estimate of drug-likeness (QED) is 0.186. The van der Waals surface area contributed by atoms with Crippen LogP contribution in [0.3, 0.4) is 0 Å². The average Bonchev–Trinajstić information content (AvgIpc) is 3.37. The van der Waals surface area contributed by atoms with Gasteiger partial charge >= 0.3 is 0 Å². The Labute approximate surface area is 284 Å². The standard InChI is InChI=1S/C47H39N/c1-47(2)43-24-11-10-22-40(43)41-30-42(39-23-12-18-34-16-6-8-20-37(34)39)46(31-44(41)47)48(45-25-13-19-35-17-7-9-21-38(35)45)36-28-26-33(27-29-36)32-14-4-3-5-15-32/h3-5,7,9-15,17-19,21-31H,6,8,16,20H2,1-2H3. The predicted molar refractivity (Wildman–Crippen MR) is 204 cm³/mol. The second-order valence-electron chi connectivity index (χ2n) is 14.0. The number of benzene rings is 7. The van der Waals surface area contributed by atoms with Crippen LogP contribution in [0.2, 0.25) is 0 Å². The van der Waals surface area contributed by atoms with E-state index in [0.29, 0.717) is 0 Å². The summed E-state index contributed by atoms with van der Waals surface area (Å²) in [6.07, 6.45) is 4.80. The fourth-order valence-corrected chi connectivity index (χ4v) is 8.42. The number of aryl methyl sites for hydroxylation is 1. The molecule has 1 heteroatoms. The Kier molecular flexibility index (Phi) is 6.83. The molecule has 0 saturated carbocycles. The average molecular weight is 618 g/mol. The van der Waals surface area contributed by atoms with E-state index in [1.54, 1.807) is 0 Å². The Morgan fingerprint density at radius 1 is 0.479 bits per heavy atom. The number of hydrogen-bond acceptors (Lipinski definition) is 1. The Morgan fingerprint density at radius 2 is 1.17 bits per heavy atom. The van der Waals surface area contributed by atoms with Crippen LogP contribution in [-0.4, -0.2) is 0 Å². The number of anilines is 3. The zero-order valence-corrected chi connectivity index (χ0v) is 27.7. The van der Waals surface area contributed by atoms with Crippen molar-refractivity contribution in [2.45, 2.75) is 44.9 Å². The molecule has 2 aliphatic carbocycles. The first-order chi connectivity index (χ1) is 23.6. The van der Waals surface area contributed by atoms with Gasteiger partial charge in [0.05, 0.1) is 11.4 Å². The monoisotopic (exact) mass is 617 g/mol. The molecule has 48 heavy (non-hydrogen) atoms. The van der Waals surface area contributed by atoms with E-state index in [9.17, 15) is 0 Å². The molecular weight excluding hydrogens is 579 g/mol. The Bertz CT molecular complexity index is 2300. The van der Waals surface area contributed by atoms with Crippen molar-refractivity contribution in [3.63, 3.8) is 0 Å². The van der Waals surface area contributed by atoms with Crippen molar-refractivity contribution in [2.75, 3.05) is 4.90 Å². The zero-order valence-electron chi connectivity index (χ0n) is 27.7. The Morgan fingerprint density at radius 3 is 2.04 bits per heavy atom. The first kappa shape index (κ1) is 28.8. The smallest absolute Gasteiger partial charge is 0.0543 e. The summed E-state index contributed by atoms with van der Waals surface area (Å²) in [6.45, 7) is 4.78. The van der Waals surface area contributed by atoms with Gasteiger partial charge in [-0.05, 0) is 111 Å². The van der Waals surface area contributed by atoms with E-state index in [1.165, 1.54) is 90.6 Å². The first-order valence-electron chi connectivity index (χ1n) is 17.4. The van der Waals surface area contributed by atoms with E-state index < -0.39 is 0 Å². The molecule has 0 heterocycles. The van der Waals surface area contributed by atoms with Crippen LogP contribution < -0.4 is 4.90 Å². The van der Waals surface area contributed by atoms with E-state index >= 15 is 0 Å². The summed E-state index contributed by atoms with van der Waals surface area (Å²) in [5.74, 6) is 0. The molecule has 0 N–H and O–H groups in total. The lowest BCUT2D eigenvalue weighted by atomic mass is 9.80. The van der Waals surface area contributed by atoms with Crippen LogP contribution in [-0.2, 0) is 18.3 Å². The van der Waals surface area contributed by atoms with Crippen LogP contribution in [0.4, 0.5) is 17.1 Å². The van der Waals surface area contributed by atoms with Crippen molar-refractivity contribution < 1.29 is 0 Å². The topological polar surface area (TPSA) is 3.24 Å². The lowest BCUT2D eigenvalue weighted by Gasteiger charge is -2.32. The predicted octanol–water partition coefficient (Wildman–Crippen LogP) is 12.8. The molecule has 0 unspecified atom stereocenters. The third-order valence-corrected chi connectivity index (χ3v) is 10.9. The number of nitrogens with zero attached hydrogens (tertiary/aromatic N) is 1. The molecule has 0 atom stereocenters. The molecule has 0 aliphatic heterocycles. The van der Waals surface area contributed by atoms with Gasteiger partial charge in [-0.2, -0.15) is 0 Å². The second-order valence-corrected chi connectivity index (χ2v) is 14.0. The van der Waals surface area contributed by atoms with Gasteiger partial charge in [-0.1, -0.05) is 135 Å². The lowest BCUT2D eigenvalue weighted by Crippen LogP contribution is -2.17. The summed E-state index contributed by atoms with van der Waals surface area (Å²) in [4.78, 5) is 2.54. The maximum absolute atomic E-state index is 2.54. The molecule has 0 fully saturated rings. The molecule has 0 aromatic heterocycles. The summed E-state index contributed by atoms with van der Waals surface area (Å²) in [6, 6.07) is 56.5. The molecule has 0 radical (unpaired) electrons. The van der Waals surface area contributed by atoms with Gasteiger partial charge in [0.25, 0.3) is 0 Å². The van der Waals surface area contributed by atoms with E-state index in [0.717, 1.165) is 18.5 Å². The fourth-order valence-electron chi connectivity index (χ4n) is 8.42. The van der Waals surface area contributed by atoms with Crippen molar-refractivity contribution in [3.05, 3.63) is 174 Å². The zero-order chi connectivity index (χ0) is 32.2. The summed E-state index contributed by atoms with van der Waals surface area (Å²) >= 11 is 0. The van der Waals surface area contributed by atoms with Gasteiger partial charge in [0.15, 0.2) is 0 Å². The summed E-state index contributed by atoms with van der Waals surface area (Å²) in [7, 11) is 0. The number of fused-ring (bicyclic) bond motifs is 5. The first-order valence-corrected chi connectivity index (χ1v) is 17.4. The van der Waals surface area contributed by atoms with Crippen LogP contribution in [0.5, 0.6) is 0 Å². The number of rotatable bonds is 5. The molecule has 7 aromatic rings. The van der Waals surface area contributed by atoms with Crippen LogP contribution >= 0.6 is 0 Å². The van der Waals surface area contributed by atoms with Gasteiger partial charge in [-0.15, -0.1) is 0 Å². The second kappa shape index (κ2) is 11.4. The van der Waals surface area contributed by atoms with Crippen molar-refractivity contribution in [2.24, 2.45) is 0 Å². The largest absolute Gasteiger partial charge is 0.309 e. The minimum atomic E-state index is -0.114. The van der Waals surface area contributed by atoms with Gasteiger partial charge in [0.1, 0.15) is 0 Å². The molecule has 232 valence electrons. The molecular formula is C47H39N. The highest BCUT2D eigenvalue weighted by atomic mass is 15.1. The van der Waals surface area contributed by atoms with Gasteiger partial charge in [-0.25, -0.2) is 0 Å². The Balaban J connectivity index is 1.35. The number of hydrogen-bond donors (Lipinski definition) is 0. The van der Waals surface area contributed by atoms with E-state index in [1.807, 2.05) is 0 Å². The fraction of sp³-hybridized carbons (Fsp3) is 0.149. The minimum absolute atomic E-state index is 0.114. The molecule has 7 aromatic carbocycles. The van der Waals surface area contributed by atoms with Crippen molar-refractivity contribution in [1.82, 2.24) is 0 Å². The van der Waals surface area contributed by atoms with E-state index in [-0.39, 0.29) is 5.41 Å². The van der Waals surface area contributed by atoms with Crippen LogP contribution in [0.15, 0.2) is 152 Å². The molecule has 0 saturated heterocycles. The Hall–Kier alpha value is -5.40. The molecule has 0 bridgehead atoms.